The molecular weight excluding hydrogens is 586 g/mol. The summed E-state index contributed by atoms with van der Waals surface area (Å²) in [5, 5.41) is 0. The number of esters is 2. The third-order valence-electron chi connectivity index (χ3n) is 7.64. The van der Waals surface area contributed by atoms with Crippen molar-refractivity contribution in [3.63, 3.8) is 0 Å². The molecule has 0 aliphatic carbocycles. The van der Waals surface area contributed by atoms with Crippen LogP contribution < -0.4 is 11.2 Å². The van der Waals surface area contributed by atoms with Crippen molar-refractivity contribution in [3.8, 4) is 11.8 Å². The van der Waals surface area contributed by atoms with Crippen molar-refractivity contribution in [2.75, 3.05) is 6.61 Å². The first-order chi connectivity index (χ1) is 22.2. The normalized spacial score (nSPS) is 17.2. The molecular formula is C36H35N3O7. The number of hydrogen-bond donors (Lipinski definition) is 1. The first kappa shape index (κ1) is 32.1. The summed E-state index contributed by atoms with van der Waals surface area (Å²) in [6, 6.07) is 17.6. The number of nitrogens with one attached hydrogen (secondary N) is 1. The number of H-pyrrole nitrogens is 1. The lowest BCUT2D eigenvalue weighted by Crippen LogP contribution is -2.34. The second-order valence-corrected chi connectivity index (χ2v) is 11.3. The zero-order valence-electron chi connectivity index (χ0n) is 25.9. The maximum atomic E-state index is 13.0. The Balaban J connectivity index is 1.36. The van der Waals surface area contributed by atoms with Crippen molar-refractivity contribution in [2.24, 2.45) is 0 Å². The fourth-order valence-corrected chi connectivity index (χ4v) is 4.92. The van der Waals surface area contributed by atoms with Gasteiger partial charge in [-0.05, 0) is 68.5 Å². The molecule has 0 saturated carbocycles. The highest BCUT2D eigenvalue weighted by molar-refractivity contribution is 5.90. The number of ether oxygens (including phenoxy) is 3. The first-order valence-electron chi connectivity index (χ1n) is 15.2. The van der Waals surface area contributed by atoms with E-state index in [2.05, 4.69) is 28.7 Å². The van der Waals surface area contributed by atoms with Crippen LogP contribution in [0.4, 0.5) is 0 Å². The van der Waals surface area contributed by atoms with Gasteiger partial charge in [-0.3, -0.25) is 14.3 Å². The molecule has 3 atom stereocenters. The van der Waals surface area contributed by atoms with Gasteiger partial charge in [-0.2, -0.15) is 0 Å². The third-order valence-corrected chi connectivity index (χ3v) is 7.64. The molecule has 1 aliphatic rings. The minimum atomic E-state index is -0.945. The molecule has 1 fully saturated rings. The van der Waals surface area contributed by atoms with Crippen LogP contribution in [0.25, 0.3) is 0 Å². The topological polar surface area (TPSA) is 130 Å². The highest BCUT2D eigenvalue weighted by atomic mass is 16.6. The van der Waals surface area contributed by atoms with E-state index in [9.17, 15) is 19.2 Å². The number of carbonyl (C=O) groups is 2. The lowest BCUT2D eigenvalue weighted by molar-refractivity contribution is -0.0582. The number of hydrogen-bond acceptors (Lipinski definition) is 8. The Morgan fingerprint density at radius 1 is 0.957 bits per heavy atom. The van der Waals surface area contributed by atoms with Gasteiger partial charge < -0.3 is 14.2 Å². The molecule has 4 aromatic rings. The fraction of sp³-hybridized carbons (Fsp3) is 0.306. The molecule has 10 nitrogen and oxygen atoms in total. The van der Waals surface area contributed by atoms with Crippen LogP contribution in [0.15, 0.2) is 82.6 Å². The fourth-order valence-electron chi connectivity index (χ4n) is 4.92. The van der Waals surface area contributed by atoms with Crippen molar-refractivity contribution >= 4 is 11.9 Å². The Morgan fingerprint density at radius 2 is 1.63 bits per heavy atom. The smallest absolute Gasteiger partial charge is 0.338 e. The highest BCUT2D eigenvalue weighted by Gasteiger charge is 2.40. The number of aromatic nitrogens is 3. The molecule has 1 aliphatic heterocycles. The molecule has 236 valence electrons. The number of unbranched alkanes of at least 4 members (excludes halogenated alkanes) is 1. The minimum Gasteiger partial charge on any atom is -0.459 e. The van der Waals surface area contributed by atoms with Crippen LogP contribution in [-0.4, -0.2) is 45.3 Å². The molecule has 46 heavy (non-hydrogen) atoms. The molecule has 0 amide bonds. The van der Waals surface area contributed by atoms with Gasteiger partial charge in [0.1, 0.15) is 36.3 Å². The number of aryl methyl sites for hydroxylation is 3. The average Bonchev–Trinajstić information content (AvgIpc) is 3.45. The zero-order valence-corrected chi connectivity index (χ0v) is 25.9. The highest BCUT2D eigenvalue weighted by Crippen LogP contribution is 2.31. The minimum absolute atomic E-state index is 0.0301. The van der Waals surface area contributed by atoms with Gasteiger partial charge in [0, 0.05) is 18.8 Å². The molecule has 0 spiro atoms. The Labute approximate surface area is 266 Å². The number of aromatic amines is 1. The van der Waals surface area contributed by atoms with E-state index in [1.165, 1.54) is 10.8 Å². The Hall–Kier alpha value is -5.27. The molecule has 1 saturated heterocycles. The van der Waals surface area contributed by atoms with Gasteiger partial charge in [-0.1, -0.05) is 60.7 Å². The number of carbonyl (C=O) groups excluding carboxylic acids is 2. The molecule has 0 unspecified atom stereocenters. The summed E-state index contributed by atoms with van der Waals surface area (Å²) in [6.07, 6.45) is 3.51. The van der Waals surface area contributed by atoms with Crippen LogP contribution in [0.3, 0.4) is 0 Å². The monoisotopic (exact) mass is 621 g/mol. The average molecular weight is 622 g/mol. The molecule has 2 aromatic carbocycles. The van der Waals surface area contributed by atoms with E-state index >= 15 is 0 Å². The van der Waals surface area contributed by atoms with Crippen LogP contribution in [0.1, 0.15) is 81.1 Å². The van der Waals surface area contributed by atoms with E-state index in [0.29, 0.717) is 16.8 Å². The Bertz CT molecular complexity index is 1870. The van der Waals surface area contributed by atoms with E-state index in [1.807, 2.05) is 19.9 Å². The summed E-state index contributed by atoms with van der Waals surface area (Å²) >= 11 is 0. The maximum Gasteiger partial charge on any atom is 0.338 e. The van der Waals surface area contributed by atoms with Gasteiger partial charge in [-0.25, -0.2) is 19.4 Å². The SMILES string of the molecule is CCCCc1ccc(C#Cc2cn([C@H]3C[C@H](OC(=O)c4ccc(C)cc4)[C@@H](COC(=O)c4ccc(C)cc4)O3)c(=O)[nH]c2=O)nc1. The number of benzene rings is 2. The van der Waals surface area contributed by atoms with Crippen LogP contribution in [0.2, 0.25) is 0 Å². The van der Waals surface area contributed by atoms with Crippen LogP contribution in [0.5, 0.6) is 0 Å². The maximum absolute atomic E-state index is 13.0. The van der Waals surface area contributed by atoms with Gasteiger partial charge >= 0.3 is 17.6 Å². The van der Waals surface area contributed by atoms with Crippen molar-refractivity contribution in [1.82, 2.24) is 14.5 Å². The Kier molecular flexibility index (Phi) is 10.2. The standard InChI is InChI=1S/C36H35N3O7/c1-4-5-6-25-11-17-29(37-20-25)18-16-28-21-39(36(43)38-33(28)40)32-19-30(46-35(42)27-14-9-24(3)10-15-27)31(45-32)22-44-34(41)26-12-7-23(2)8-13-26/h7-15,17,20-21,30-32H,4-6,19,22H2,1-3H3,(H,38,40,43)/t30-,31+,32+/m0/s1. The number of pyridine rings is 1. The summed E-state index contributed by atoms with van der Waals surface area (Å²) in [6.45, 7) is 5.71. The second kappa shape index (κ2) is 14.7. The molecule has 1 N–H and O–H groups in total. The zero-order chi connectivity index (χ0) is 32.6. The molecule has 3 heterocycles. The summed E-state index contributed by atoms with van der Waals surface area (Å²) in [7, 11) is 0. The molecule has 2 aromatic heterocycles. The van der Waals surface area contributed by atoms with Gasteiger partial charge in [0.15, 0.2) is 0 Å². The number of rotatable bonds is 9. The molecule has 5 rings (SSSR count). The lowest BCUT2D eigenvalue weighted by atomic mass is 10.1. The largest absolute Gasteiger partial charge is 0.459 e. The van der Waals surface area contributed by atoms with Gasteiger partial charge in [0.25, 0.3) is 5.56 Å². The summed E-state index contributed by atoms with van der Waals surface area (Å²) in [5.41, 5.74) is 2.92. The Morgan fingerprint density at radius 3 is 2.26 bits per heavy atom. The predicted octanol–water partition coefficient (Wildman–Crippen LogP) is 4.66. The molecule has 0 radical (unpaired) electrons. The van der Waals surface area contributed by atoms with E-state index in [4.69, 9.17) is 14.2 Å². The van der Waals surface area contributed by atoms with Crippen LogP contribution >= 0.6 is 0 Å². The van der Waals surface area contributed by atoms with E-state index in [-0.39, 0.29) is 18.6 Å². The number of nitrogens with zero attached hydrogens (tertiary/aromatic N) is 2. The van der Waals surface area contributed by atoms with E-state index < -0.39 is 41.6 Å². The summed E-state index contributed by atoms with van der Waals surface area (Å²) in [5.74, 6) is 4.52. The molecule has 10 heteroatoms. The van der Waals surface area contributed by atoms with Crippen molar-refractivity contribution in [3.05, 3.63) is 133 Å². The molecule has 0 bridgehead atoms. The van der Waals surface area contributed by atoms with Crippen molar-refractivity contribution in [2.45, 2.75) is 64.9 Å². The quantitative estimate of drug-likeness (QED) is 0.211. The van der Waals surface area contributed by atoms with E-state index in [0.717, 1.165) is 36.0 Å². The van der Waals surface area contributed by atoms with Crippen LogP contribution in [0, 0.1) is 25.7 Å². The first-order valence-corrected chi connectivity index (χ1v) is 15.2. The second-order valence-electron chi connectivity index (χ2n) is 11.3. The van der Waals surface area contributed by atoms with Crippen LogP contribution in [-0.2, 0) is 20.6 Å². The summed E-state index contributed by atoms with van der Waals surface area (Å²) in [4.78, 5) is 58.0. The third kappa shape index (κ3) is 8.06. The predicted molar refractivity (Wildman–Crippen MR) is 171 cm³/mol. The van der Waals surface area contributed by atoms with E-state index in [1.54, 1.807) is 60.8 Å². The van der Waals surface area contributed by atoms with Gasteiger partial charge in [0.2, 0.25) is 0 Å². The lowest BCUT2D eigenvalue weighted by Gasteiger charge is -2.19. The van der Waals surface area contributed by atoms with Gasteiger partial charge in [0.05, 0.1) is 11.1 Å². The van der Waals surface area contributed by atoms with Crippen molar-refractivity contribution in [1.29, 1.82) is 0 Å². The van der Waals surface area contributed by atoms with Gasteiger partial charge in [-0.15, -0.1) is 0 Å². The summed E-state index contributed by atoms with van der Waals surface area (Å²) < 4.78 is 18.7. The van der Waals surface area contributed by atoms with Crippen molar-refractivity contribution < 1.29 is 23.8 Å².